The number of aliphatic hydroxyl groups excluding tert-OH is 1. The second-order valence-electron chi connectivity index (χ2n) is 4.06. The van der Waals surface area contributed by atoms with Crippen molar-refractivity contribution in [3.05, 3.63) is 12.7 Å². The molecule has 0 aliphatic carbocycles. The van der Waals surface area contributed by atoms with Crippen molar-refractivity contribution >= 4 is 0 Å². The van der Waals surface area contributed by atoms with Crippen LogP contribution in [-0.4, -0.2) is 11.7 Å². The summed E-state index contributed by atoms with van der Waals surface area (Å²) < 4.78 is 0. The molecule has 0 aromatic rings. The minimum absolute atomic E-state index is 0.0446. The van der Waals surface area contributed by atoms with Crippen LogP contribution in [0.2, 0.25) is 0 Å². The molecule has 11 heavy (non-hydrogen) atoms. The molecule has 0 saturated carbocycles. The fraction of sp³-hybridized carbons (Fsp3) is 0.800. The average Bonchev–Trinajstić information content (AvgIpc) is 1.88. The normalized spacial score (nSPS) is 15.1. The molecule has 0 aromatic heterocycles. The van der Waals surface area contributed by atoms with Crippen LogP contribution in [0, 0.1) is 17.3 Å². The van der Waals surface area contributed by atoms with E-state index in [1.807, 2.05) is 6.08 Å². The van der Waals surface area contributed by atoms with Crippen molar-refractivity contribution in [2.45, 2.75) is 27.7 Å². The van der Waals surface area contributed by atoms with Gasteiger partial charge in [0, 0.05) is 6.61 Å². The lowest BCUT2D eigenvalue weighted by Crippen LogP contribution is -2.29. The zero-order valence-corrected chi connectivity index (χ0v) is 8.09. The highest BCUT2D eigenvalue weighted by molar-refractivity contribution is 4.93. The fourth-order valence-electron chi connectivity index (χ4n) is 1.46. The Kier molecular flexibility index (Phi) is 3.81. The van der Waals surface area contributed by atoms with E-state index in [2.05, 4.69) is 34.3 Å². The smallest absolute Gasteiger partial charge is 0.0469 e. The molecule has 1 atom stereocenters. The lowest BCUT2D eigenvalue weighted by molar-refractivity contribution is 0.111. The lowest BCUT2D eigenvalue weighted by atomic mass is 9.73. The van der Waals surface area contributed by atoms with E-state index < -0.39 is 0 Å². The summed E-state index contributed by atoms with van der Waals surface area (Å²) in [5.74, 6) is 0.827. The minimum Gasteiger partial charge on any atom is -0.396 e. The van der Waals surface area contributed by atoms with Gasteiger partial charge in [-0.15, -0.1) is 6.58 Å². The highest BCUT2D eigenvalue weighted by Crippen LogP contribution is 2.32. The summed E-state index contributed by atoms with van der Waals surface area (Å²) in [7, 11) is 0. The summed E-state index contributed by atoms with van der Waals surface area (Å²) >= 11 is 0. The van der Waals surface area contributed by atoms with Crippen LogP contribution in [-0.2, 0) is 0 Å². The molecule has 0 saturated heterocycles. The van der Waals surface area contributed by atoms with Gasteiger partial charge in [0.25, 0.3) is 0 Å². The Balaban J connectivity index is 4.35. The third-order valence-corrected chi connectivity index (χ3v) is 2.48. The van der Waals surface area contributed by atoms with Crippen molar-refractivity contribution < 1.29 is 5.11 Å². The Hall–Kier alpha value is -0.300. The standard InChI is InChI=1S/C10H20O/c1-6-10(4,5)9(7-11)8(2)3/h6,8-9,11H,1,7H2,2-5H3/t9-/m1/s1. The van der Waals surface area contributed by atoms with Crippen LogP contribution in [0.5, 0.6) is 0 Å². The molecule has 0 rings (SSSR count). The number of aliphatic hydroxyl groups is 1. The van der Waals surface area contributed by atoms with E-state index in [0.717, 1.165) is 0 Å². The van der Waals surface area contributed by atoms with Gasteiger partial charge in [0.15, 0.2) is 0 Å². The van der Waals surface area contributed by atoms with Gasteiger partial charge in [-0.3, -0.25) is 0 Å². The molecule has 0 fully saturated rings. The maximum atomic E-state index is 9.12. The van der Waals surface area contributed by atoms with Gasteiger partial charge in [0.1, 0.15) is 0 Å². The third kappa shape index (κ3) is 2.66. The minimum atomic E-state index is 0.0446. The summed E-state index contributed by atoms with van der Waals surface area (Å²) in [4.78, 5) is 0. The molecule has 0 bridgehead atoms. The fourth-order valence-corrected chi connectivity index (χ4v) is 1.46. The molecule has 0 aliphatic heterocycles. The summed E-state index contributed by atoms with van der Waals surface area (Å²) in [5, 5.41) is 9.12. The van der Waals surface area contributed by atoms with E-state index >= 15 is 0 Å². The van der Waals surface area contributed by atoms with Gasteiger partial charge in [-0.25, -0.2) is 0 Å². The van der Waals surface area contributed by atoms with Gasteiger partial charge in [-0.1, -0.05) is 33.8 Å². The topological polar surface area (TPSA) is 20.2 Å². The van der Waals surface area contributed by atoms with Gasteiger partial charge >= 0.3 is 0 Å². The second kappa shape index (κ2) is 3.91. The largest absolute Gasteiger partial charge is 0.396 e. The Bertz CT molecular complexity index is 125. The molecule has 1 heteroatoms. The van der Waals surface area contributed by atoms with E-state index in [-0.39, 0.29) is 12.0 Å². The predicted molar refractivity (Wildman–Crippen MR) is 49.4 cm³/mol. The van der Waals surface area contributed by atoms with Crippen LogP contribution in [0.3, 0.4) is 0 Å². The maximum Gasteiger partial charge on any atom is 0.0469 e. The van der Waals surface area contributed by atoms with E-state index in [0.29, 0.717) is 11.8 Å². The quantitative estimate of drug-likeness (QED) is 0.620. The van der Waals surface area contributed by atoms with Crippen molar-refractivity contribution in [1.29, 1.82) is 0 Å². The number of rotatable bonds is 4. The molecule has 66 valence electrons. The second-order valence-corrected chi connectivity index (χ2v) is 4.06. The van der Waals surface area contributed by atoms with Crippen LogP contribution in [0.1, 0.15) is 27.7 Å². The molecule has 1 N–H and O–H groups in total. The van der Waals surface area contributed by atoms with Gasteiger partial charge in [-0.05, 0) is 17.3 Å². The Morgan fingerprint density at radius 2 is 1.91 bits per heavy atom. The molecule has 0 spiro atoms. The van der Waals surface area contributed by atoms with Gasteiger partial charge < -0.3 is 5.11 Å². The van der Waals surface area contributed by atoms with Gasteiger partial charge in [-0.2, -0.15) is 0 Å². The molecular weight excluding hydrogens is 136 g/mol. The van der Waals surface area contributed by atoms with E-state index in [4.69, 9.17) is 5.11 Å². The SMILES string of the molecule is C=CC(C)(C)[C@H](CO)C(C)C. The number of hydrogen-bond acceptors (Lipinski definition) is 1. The van der Waals surface area contributed by atoms with Crippen LogP contribution in [0.25, 0.3) is 0 Å². The predicted octanol–water partition coefficient (Wildman–Crippen LogP) is 2.46. The lowest BCUT2D eigenvalue weighted by Gasteiger charge is -2.33. The first kappa shape index (κ1) is 10.7. The molecule has 1 nitrogen and oxygen atoms in total. The third-order valence-electron chi connectivity index (χ3n) is 2.48. The van der Waals surface area contributed by atoms with Crippen molar-refractivity contribution in [3.63, 3.8) is 0 Å². The highest BCUT2D eigenvalue weighted by atomic mass is 16.3. The van der Waals surface area contributed by atoms with Crippen LogP contribution < -0.4 is 0 Å². The number of allylic oxidation sites excluding steroid dienone is 1. The molecule has 0 heterocycles. The van der Waals surface area contributed by atoms with E-state index in [1.54, 1.807) is 0 Å². The Labute approximate surface area is 70.1 Å². The van der Waals surface area contributed by atoms with Crippen LogP contribution >= 0.6 is 0 Å². The van der Waals surface area contributed by atoms with E-state index in [1.165, 1.54) is 0 Å². The molecular formula is C10H20O. The monoisotopic (exact) mass is 156 g/mol. The van der Waals surface area contributed by atoms with Crippen LogP contribution in [0.4, 0.5) is 0 Å². The molecule has 0 aliphatic rings. The average molecular weight is 156 g/mol. The first-order valence-corrected chi connectivity index (χ1v) is 4.20. The molecule has 0 unspecified atom stereocenters. The Morgan fingerprint density at radius 1 is 1.45 bits per heavy atom. The summed E-state index contributed by atoms with van der Waals surface area (Å²) in [6.07, 6.45) is 1.92. The zero-order valence-electron chi connectivity index (χ0n) is 8.09. The first-order chi connectivity index (χ1) is 4.95. The Morgan fingerprint density at radius 3 is 2.00 bits per heavy atom. The highest BCUT2D eigenvalue weighted by Gasteiger charge is 2.27. The van der Waals surface area contributed by atoms with Gasteiger partial charge in [0.05, 0.1) is 0 Å². The van der Waals surface area contributed by atoms with Crippen molar-refractivity contribution in [2.24, 2.45) is 17.3 Å². The van der Waals surface area contributed by atoms with Crippen LogP contribution in [0.15, 0.2) is 12.7 Å². The maximum absolute atomic E-state index is 9.12. The van der Waals surface area contributed by atoms with Gasteiger partial charge in [0.2, 0.25) is 0 Å². The molecule has 0 aromatic carbocycles. The molecule has 0 radical (unpaired) electrons. The zero-order chi connectivity index (χ0) is 9.07. The summed E-state index contributed by atoms with van der Waals surface area (Å²) in [6, 6.07) is 0. The van der Waals surface area contributed by atoms with Crippen molar-refractivity contribution in [2.75, 3.05) is 6.61 Å². The van der Waals surface area contributed by atoms with E-state index in [9.17, 15) is 0 Å². The summed E-state index contributed by atoms with van der Waals surface area (Å²) in [5.41, 5.74) is 0.0446. The summed E-state index contributed by atoms with van der Waals surface area (Å²) in [6.45, 7) is 12.5. The van der Waals surface area contributed by atoms with Crippen molar-refractivity contribution in [3.8, 4) is 0 Å². The first-order valence-electron chi connectivity index (χ1n) is 4.20. The number of hydrogen-bond donors (Lipinski definition) is 1. The van der Waals surface area contributed by atoms with Crippen molar-refractivity contribution in [1.82, 2.24) is 0 Å². The molecule has 0 amide bonds.